The van der Waals surface area contributed by atoms with Crippen molar-refractivity contribution in [1.29, 1.82) is 0 Å². The lowest BCUT2D eigenvalue weighted by Gasteiger charge is -2.18. The summed E-state index contributed by atoms with van der Waals surface area (Å²) < 4.78 is 16.8. The third-order valence-corrected chi connectivity index (χ3v) is 16.5. The van der Waals surface area contributed by atoms with Gasteiger partial charge in [-0.1, -0.05) is 351 Å². The third kappa shape index (κ3) is 69.8. The maximum Gasteiger partial charge on any atom is 0.306 e. The maximum atomic E-state index is 12.9. The van der Waals surface area contributed by atoms with Crippen LogP contribution < -0.4 is 0 Å². The number of ether oxygens (including phenoxy) is 3. The molecular formula is C77H140O6. The predicted octanol–water partition coefficient (Wildman–Crippen LogP) is 25.5. The van der Waals surface area contributed by atoms with Crippen LogP contribution in [0, 0.1) is 0 Å². The van der Waals surface area contributed by atoms with E-state index in [-0.39, 0.29) is 31.1 Å². The molecule has 0 aromatic rings. The van der Waals surface area contributed by atoms with E-state index in [9.17, 15) is 14.4 Å². The van der Waals surface area contributed by atoms with Gasteiger partial charge >= 0.3 is 17.9 Å². The van der Waals surface area contributed by atoms with E-state index < -0.39 is 6.10 Å². The number of carbonyl (C=O) groups is 3. The highest BCUT2D eigenvalue weighted by atomic mass is 16.6. The summed E-state index contributed by atoms with van der Waals surface area (Å²) in [6.45, 7) is 6.51. The Kier molecular flexibility index (Phi) is 69.1. The summed E-state index contributed by atoms with van der Waals surface area (Å²) in [5.41, 5.74) is 0. The molecule has 0 saturated carbocycles. The number of esters is 3. The molecule has 0 spiro atoms. The Labute approximate surface area is 517 Å². The van der Waals surface area contributed by atoms with E-state index in [0.29, 0.717) is 19.3 Å². The van der Waals surface area contributed by atoms with Crippen molar-refractivity contribution in [3.8, 4) is 0 Å². The fraction of sp³-hybridized carbons (Fsp3) is 0.831. The fourth-order valence-corrected chi connectivity index (χ4v) is 11.0. The number of rotatable bonds is 68. The van der Waals surface area contributed by atoms with Crippen molar-refractivity contribution >= 4 is 17.9 Å². The first-order valence-corrected chi connectivity index (χ1v) is 36.8. The van der Waals surface area contributed by atoms with E-state index in [1.807, 2.05) is 0 Å². The van der Waals surface area contributed by atoms with E-state index in [0.717, 1.165) is 89.9 Å². The summed E-state index contributed by atoms with van der Waals surface area (Å²) in [5, 5.41) is 0. The van der Waals surface area contributed by atoms with E-state index in [1.165, 1.54) is 263 Å². The van der Waals surface area contributed by atoms with Crippen LogP contribution in [0.2, 0.25) is 0 Å². The standard InChI is InChI=1S/C77H140O6/c1-4-7-10-13-15-17-19-21-23-25-27-29-31-33-35-36-37-38-39-40-42-43-45-47-49-51-53-55-57-59-61-64-67-70-76(79)82-73-74(72-81-75(78)69-66-63-12-9-6-3)83-77(80)71-68-65-62-60-58-56-54-52-50-48-46-44-41-34-32-30-28-26-24-22-20-18-16-14-11-8-5-2/h7,10,15,17,21,23,26-29,74H,4-6,8-9,11-14,16,18-20,22,24-25,30-73H2,1-3H3/b10-7-,17-15-,23-21-,28-26-,29-27-. The molecule has 0 aromatic carbocycles. The van der Waals surface area contributed by atoms with Gasteiger partial charge in [0.25, 0.3) is 0 Å². The van der Waals surface area contributed by atoms with Crippen molar-refractivity contribution < 1.29 is 28.6 Å². The Morgan fingerprint density at radius 1 is 0.253 bits per heavy atom. The van der Waals surface area contributed by atoms with Crippen LogP contribution in [0.1, 0.15) is 393 Å². The van der Waals surface area contributed by atoms with Crippen LogP contribution in [0.15, 0.2) is 60.8 Å². The minimum atomic E-state index is -0.768. The van der Waals surface area contributed by atoms with Gasteiger partial charge in [-0.25, -0.2) is 0 Å². The summed E-state index contributed by atoms with van der Waals surface area (Å²) in [7, 11) is 0. The quantitative estimate of drug-likeness (QED) is 0.0261. The Morgan fingerprint density at radius 3 is 0.747 bits per heavy atom. The molecule has 1 atom stereocenters. The van der Waals surface area contributed by atoms with Crippen LogP contribution in [0.3, 0.4) is 0 Å². The van der Waals surface area contributed by atoms with Gasteiger partial charge in [0.1, 0.15) is 13.2 Å². The van der Waals surface area contributed by atoms with Gasteiger partial charge in [0.2, 0.25) is 0 Å². The van der Waals surface area contributed by atoms with Gasteiger partial charge in [-0.05, 0) is 83.5 Å². The number of allylic oxidation sites excluding steroid dienone is 10. The molecule has 0 fully saturated rings. The Morgan fingerprint density at radius 2 is 0.470 bits per heavy atom. The molecule has 0 N–H and O–H groups in total. The van der Waals surface area contributed by atoms with Crippen molar-refractivity contribution in [1.82, 2.24) is 0 Å². The lowest BCUT2D eigenvalue weighted by Crippen LogP contribution is -2.30. The number of hydrogen-bond acceptors (Lipinski definition) is 6. The molecule has 0 aliphatic carbocycles. The highest BCUT2D eigenvalue weighted by Crippen LogP contribution is 2.19. The zero-order valence-corrected chi connectivity index (χ0v) is 55.7. The topological polar surface area (TPSA) is 78.9 Å². The van der Waals surface area contributed by atoms with E-state index >= 15 is 0 Å². The summed E-state index contributed by atoms with van der Waals surface area (Å²) in [5.74, 6) is -0.857. The maximum absolute atomic E-state index is 12.9. The van der Waals surface area contributed by atoms with Crippen molar-refractivity contribution in [2.75, 3.05) is 13.2 Å². The van der Waals surface area contributed by atoms with Crippen LogP contribution in [0.4, 0.5) is 0 Å². The van der Waals surface area contributed by atoms with Gasteiger partial charge in [-0.15, -0.1) is 0 Å². The highest BCUT2D eigenvalue weighted by Gasteiger charge is 2.19. The van der Waals surface area contributed by atoms with Gasteiger partial charge < -0.3 is 14.2 Å². The zero-order chi connectivity index (χ0) is 59.9. The molecule has 0 bridgehead atoms. The first-order chi connectivity index (χ1) is 41.0. The monoisotopic (exact) mass is 1160 g/mol. The van der Waals surface area contributed by atoms with Crippen LogP contribution in [0.25, 0.3) is 0 Å². The Hall–Kier alpha value is -2.89. The second kappa shape index (κ2) is 71.6. The molecule has 0 radical (unpaired) electrons. The summed E-state index contributed by atoms with van der Waals surface area (Å²) >= 11 is 0. The molecule has 0 aliphatic rings. The van der Waals surface area contributed by atoms with E-state index in [1.54, 1.807) is 0 Å². The minimum absolute atomic E-state index is 0.0683. The average molecular weight is 1160 g/mol. The largest absolute Gasteiger partial charge is 0.462 e. The van der Waals surface area contributed by atoms with Crippen LogP contribution in [-0.2, 0) is 28.6 Å². The summed E-state index contributed by atoms with van der Waals surface area (Å²) in [4.78, 5) is 38.1. The van der Waals surface area contributed by atoms with Crippen LogP contribution in [0.5, 0.6) is 0 Å². The minimum Gasteiger partial charge on any atom is -0.462 e. The molecule has 0 saturated heterocycles. The van der Waals surface area contributed by atoms with Crippen molar-refractivity contribution in [2.24, 2.45) is 0 Å². The summed E-state index contributed by atoms with van der Waals surface area (Å²) in [6.07, 6.45) is 93.3. The molecule has 6 nitrogen and oxygen atoms in total. The van der Waals surface area contributed by atoms with Gasteiger partial charge in [0, 0.05) is 19.3 Å². The van der Waals surface area contributed by atoms with Gasteiger partial charge in [-0.3, -0.25) is 14.4 Å². The number of hydrogen-bond donors (Lipinski definition) is 0. The van der Waals surface area contributed by atoms with Crippen molar-refractivity contribution in [3.05, 3.63) is 60.8 Å². The second-order valence-electron chi connectivity index (χ2n) is 24.8. The molecular weight excluding hydrogens is 1020 g/mol. The van der Waals surface area contributed by atoms with Crippen molar-refractivity contribution in [3.63, 3.8) is 0 Å². The lowest BCUT2D eigenvalue weighted by atomic mass is 10.0. The smallest absolute Gasteiger partial charge is 0.306 e. The first-order valence-electron chi connectivity index (χ1n) is 36.8. The van der Waals surface area contributed by atoms with E-state index in [2.05, 4.69) is 81.5 Å². The molecule has 1 unspecified atom stereocenters. The molecule has 0 aromatic heterocycles. The molecule has 484 valence electrons. The molecule has 0 aliphatic heterocycles. The van der Waals surface area contributed by atoms with Gasteiger partial charge in [0.15, 0.2) is 6.10 Å². The van der Waals surface area contributed by atoms with E-state index in [4.69, 9.17) is 14.2 Å². The first kappa shape index (κ1) is 80.1. The fourth-order valence-electron chi connectivity index (χ4n) is 11.0. The predicted molar refractivity (Wildman–Crippen MR) is 362 cm³/mol. The third-order valence-electron chi connectivity index (χ3n) is 16.5. The highest BCUT2D eigenvalue weighted by molar-refractivity contribution is 5.71. The average Bonchev–Trinajstić information content (AvgIpc) is 3.49. The summed E-state index contributed by atoms with van der Waals surface area (Å²) in [6, 6.07) is 0. The lowest BCUT2D eigenvalue weighted by molar-refractivity contribution is -0.167. The van der Waals surface area contributed by atoms with Gasteiger partial charge in [-0.2, -0.15) is 0 Å². The SMILES string of the molecule is CC/C=C\C/C=C\C/C=C\C/C=C\CCCCCCCCCCCCCCCCCCCCCCC(=O)OCC(COC(=O)CCCCCCC)OC(=O)CCCCCCCCCCCCCCCCC/C=C\CCCCCCCCCC. The number of carbonyl (C=O) groups excluding carboxylic acids is 3. The Balaban J connectivity index is 3.90. The molecule has 0 amide bonds. The van der Waals surface area contributed by atoms with Crippen LogP contribution >= 0.6 is 0 Å². The number of unbranched alkanes of at least 4 members (excludes halogenated alkanes) is 47. The molecule has 0 heterocycles. The van der Waals surface area contributed by atoms with Gasteiger partial charge in [0.05, 0.1) is 0 Å². The normalized spacial score (nSPS) is 12.4. The molecule has 0 rings (SSSR count). The Bertz CT molecular complexity index is 1470. The molecule has 83 heavy (non-hydrogen) atoms. The van der Waals surface area contributed by atoms with Crippen LogP contribution in [-0.4, -0.2) is 37.2 Å². The molecule has 6 heteroatoms. The zero-order valence-electron chi connectivity index (χ0n) is 55.7. The van der Waals surface area contributed by atoms with Crippen molar-refractivity contribution in [2.45, 2.75) is 399 Å². The second-order valence-corrected chi connectivity index (χ2v) is 24.8.